The highest BCUT2D eigenvalue weighted by molar-refractivity contribution is 9.10. The van der Waals surface area contributed by atoms with Crippen LogP contribution in [-0.2, 0) is 0 Å². The van der Waals surface area contributed by atoms with Gasteiger partial charge >= 0.3 is 0 Å². The van der Waals surface area contributed by atoms with E-state index in [1.165, 1.54) is 0 Å². The number of hydrogen-bond acceptors (Lipinski definition) is 5. The van der Waals surface area contributed by atoms with Gasteiger partial charge in [-0.1, -0.05) is 5.16 Å². The molecule has 0 unspecified atom stereocenters. The van der Waals surface area contributed by atoms with Crippen molar-refractivity contribution in [2.24, 2.45) is 0 Å². The van der Waals surface area contributed by atoms with Crippen molar-refractivity contribution in [3.05, 3.63) is 40.2 Å². The van der Waals surface area contributed by atoms with Gasteiger partial charge in [0.05, 0.1) is 11.5 Å². The summed E-state index contributed by atoms with van der Waals surface area (Å²) < 4.78 is 6.11. The number of amides is 1. The van der Waals surface area contributed by atoms with Crippen molar-refractivity contribution in [2.75, 3.05) is 13.1 Å². The van der Waals surface area contributed by atoms with Gasteiger partial charge in [-0.05, 0) is 34.8 Å². The first-order valence-corrected chi connectivity index (χ1v) is 7.73. The van der Waals surface area contributed by atoms with E-state index in [-0.39, 0.29) is 11.8 Å². The largest absolute Gasteiger partial charge is 0.339 e. The van der Waals surface area contributed by atoms with Crippen LogP contribution in [0.25, 0.3) is 0 Å². The lowest BCUT2D eigenvalue weighted by Crippen LogP contribution is -2.48. The number of nitrogens with zero attached hydrogens (tertiary/aromatic N) is 4. The second kappa shape index (κ2) is 4.91. The lowest BCUT2D eigenvalue weighted by atomic mass is 9.99. The van der Waals surface area contributed by atoms with Gasteiger partial charge in [-0.2, -0.15) is 4.98 Å². The molecule has 2 aromatic rings. The first-order chi connectivity index (χ1) is 10.2. The lowest BCUT2D eigenvalue weighted by molar-refractivity contribution is 0.0568. The van der Waals surface area contributed by atoms with Crippen LogP contribution in [0, 0.1) is 0 Å². The number of rotatable bonds is 3. The minimum Gasteiger partial charge on any atom is -0.339 e. The van der Waals surface area contributed by atoms with E-state index in [0.29, 0.717) is 30.5 Å². The summed E-state index contributed by atoms with van der Waals surface area (Å²) in [5.74, 6) is 2.13. The Hall–Kier alpha value is -1.76. The van der Waals surface area contributed by atoms with Gasteiger partial charge in [0.1, 0.15) is 0 Å². The lowest BCUT2D eigenvalue weighted by Gasteiger charge is -2.37. The molecule has 0 radical (unpaired) electrons. The molecule has 1 saturated heterocycles. The molecule has 2 fully saturated rings. The molecule has 0 spiro atoms. The molecule has 0 aromatic carbocycles. The molecule has 6 nitrogen and oxygen atoms in total. The van der Waals surface area contributed by atoms with Gasteiger partial charge in [0.25, 0.3) is 5.91 Å². The van der Waals surface area contributed by atoms with Crippen molar-refractivity contribution in [3.8, 4) is 0 Å². The fraction of sp³-hybridized carbons (Fsp3) is 0.429. The molecule has 2 aliphatic rings. The molecule has 2 aromatic heterocycles. The Balaban J connectivity index is 1.40. The summed E-state index contributed by atoms with van der Waals surface area (Å²) in [6, 6.07) is 1.78. The summed E-state index contributed by atoms with van der Waals surface area (Å²) in [7, 11) is 0. The fourth-order valence-corrected chi connectivity index (χ4v) is 2.80. The minimum absolute atomic E-state index is 0.0121. The van der Waals surface area contributed by atoms with Crippen LogP contribution in [0.2, 0.25) is 0 Å². The molecule has 1 aliphatic heterocycles. The first-order valence-electron chi connectivity index (χ1n) is 6.94. The van der Waals surface area contributed by atoms with Crippen molar-refractivity contribution in [3.63, 3.8) is 0 Å². The highest BCUT2D eigenvalue weighted by atomic mass is 79.9. The van der Waals surface area contributed by atoms with Gasteiger partial charge < -0.3 is 9.42 Å². The van der Waals surface area contributed by atoms with Gasteiger partial charge in [-0.15, -0.1) is 0 Å². The zero-order valence-electron chi connectivity index (χ0n) is 11.2. The summed E-state index contributed by atoms with van der Waals surface area (Å²) >= 11 is 3.32. The topological polar surface area (TPSA) is 72.1 Å². The number of pyridine rings is 1. The summed E-state index contributed by atoms with van der Waals surface area (Å²) in [6.07, 6.45) is 5.56. The summed E-state index contributed by atoms with van der Waals surface area (Å²) in [5, 5.41) is 4.02. The van der Waals surface area contributed by atoms with Crippen molar-refractivity contribution >= 4 is 21.8 Å². The molecule has 0 bridgehead atoms. The monoisotopic (exact) mass is 348 g/mol. The van der Waals surface area contributed by atoms with E-state index in [0.717, 1.165) is 23.1 Å². The maximum absolute atomic E-state index is 12.3. The SMILES string of the molecule is O=C(c1cncc(Br)c1)N1CC(c2nc(C3CC3)no2)C1. The van der Waals surface area contributed by atoms with E-state index < -0.39 is 0 Å². The number of hydrogen-bond donors (Lipinski definition) is 0. The Bertz CT molecular complexity index is 692. The minimum atomic E-state index is -0.0121. The standard InChI is InChI=1S/C14H13BrN4O2/c15-11-3-9(4-16-5-11)14(20)19-6-10(7-19)13-17-12(18-21-13)8-1-2-8/h3-5,8,10H,1-2,6-7H2. The van der Waals surface area contributed by atoms with Crippen LogP contribution in [0.5, 0.6) is 0 Å². The molecule has 0 atom stereocenters. The Morgan fingerprint density at radius 2 is 2.10 bits per heavy atom. The van der Waals surface area contributed by atoms with Crippen molar-refractivity contribution in [1.29, 1.82) is 0 Å². The third-order valence-electron chi connectivity index (χ3n) is 3.87. The zero-order chi connectivity index (χ0) is 14.4. The molecule has 3 heterocycles. The zero-order valence-corrected chi connectivity index (χ0v) is 12.8. The Morgan fingerprint density at radius 3 is 2.81 bits per heavy atom. The van der Waals surface area contributed by atoms with E-state index in [4.69, 9.17) is 4.52 Å². The van der Waals surface area contributed by atoms with E-state index in [2.05, 4.69) is 31.1 Å². The van der Waals surface area contributed by atoms with Gasteiger partial charge in [0.2, 0.25) is 5.89 Å². The predicted molar refractivity (Wildman–Crippen MR) is 76.9 cm³/mol. The second-order valence-corrected chi connectivity index (χ2v) is 6.48. The van der Waals surface area contributed by atoms with E-state index in [1.807, 2.05) is 0 Å². The van der Waals surface area contributed by atoms with E-state index in [1.54, 1.807) is 23.4 Å². The molecule has 7 heteroatoms. The Kier molecular flexibility index (Phi) is 3.02. The van der Waals surface area contributed by atoms with Gasteiger partial charge in [-0.25, -0.2) is 0 Å². The third-order valence-corrected chi connectivity index (χ3v) is 4.30. The highest BCUT2D eigenvalue weighted by Crippen LogP contribution is 2.39. The first kappa shape index (κ1) is 12.9. The second-order valence-electron chi connectivity index (χ2n) is 5.56. The van der Waals surface area contributed by atoms with Crippen LogP contribution < -0.4 is 0 Å². The molecule has 1 aliphatic carbocycles. The van der Waals surface area contributed by atoms with Crippen molar-refractivity contribution in [2.45, 2.75) is 24.7 Å². The van der Waals surface area contributed by atoms with Gasteiger partial charge in [0, 0.05) is 35.9 Å². The fourth-order valence-electron chi connectivity index (χ4n) is 2.43. The quantitative estimate of drug-likeness (QED) is 0.851. The molecule has 4 rings (SSSR count). The number of aromatic nitrogens is 3. The summed E-state index contributed by atoms with van der Waals surface area (Å²) in [6.45, 7) is 1.25. The molecule has 1 saturated carbocycles. The predicted octanol–water partition coefficient (Wildman–Crippen LogP) is 2.34. The van der Waals surface area contributed by atoms with Crippen LogP contribution in [0.15, 0.2) is 27.5 Å². The molecular weight excluding hydrogens is 336 g/mol. The molecular formula is C14H13BrN4O2. The van der Waals surface area contributed by atoms with Crippen LogP contribution in [-0.4, -0.2) is 39.0 Å². The Morgan fingerprint density at radius 1 is 1.29 bits per heavy atom. The number of likely N-dealkylation sites (tertiary alicyclic amines) is 1. The van der Waals surface area contributed by atoms with Gasteiger partial charge in [-0.3, -0.25) is 9.78 Å². The molecule has 1 amide bonds. The maximum Gasteiger partial charge on any atom is 0.255 e. The highest BCUT2D eigenvalue weighted by Gasteiger charge is 2.37. The maximum atomic E-state index is 12.3. The van der Waals surface area contributed by atoms with Gasteiger partial charge in [0.15, 0.2) is 5.82 Å². The normalized spacial score (nSPS) is 18.6. The van der Waals surface area contributed by atoms with Crippen LogP contribution in [0.3, 0.4) is 0 Å². The summed E-state index contributed by atoms with van der Waals surface area (Å²) in [4.78, 5) is 22.5. The van der Waals surface area contributed by atoms with Crippen molar-refractivity contribution < 1.29 is 9.32 Å². The molecule has 0 N–H and O–H groups in total. The average molecular weight is 349 g/mol. The average Bonchev–Trinajstić information content (AvgIpc) is 3.17. The smallest absolute Gasteiger partial charge is 0.255 e. The van der Waals surface area contributed by atoms with Crippen molar-refractivity contribution in [1.82, 2.24) is 20.0 Å². The third kappa shape index (κ3) is 2.46. The van der Waals surface area contributed by atoms with E-state index >= 15 is 0 Å². The summed E-state index contributed by atoms with van der Waals surface area (Å²) in [5.41, 5.74) is 0.590. The number of halogens is 1. The molecule has 108 valence electrons. The molecule has 21 heavy (non-hydrogen) atoms. The van der Waals surface area contributed by atoms with E-state index in [9.17, 15) is 4.79 Å². The number of carbonyl (C=O) groups excluding carboxylic acids is 1. The van der Waals surface area contributed by atoms with Crippen LogP contribution >= 0.6 is 15.9 Å². The van der Waals surface area contributed by atoms with Crippen LogP contribution in [0.4, 0.5) is 0 Å². The Labute approximate surface area is 129 Å². The van der Waals surface area contributed by atoms with Crippen LogP contribution in [0.1, 0.15) is 46.8 Å². The number of carbonyl (C=O) groups is 1.